The third kappa shape index (κ3) is 4.66. The molecular weight excluding hydrogens is 262 g/mol. The Labute approximate surface area is 128 Å². The predicted octanol–water partition coefficient (Wildman–Crippen LogP) is 2.86. The molecule has 0 aliphatic heterocycles. The van der Waals surface area contributed by atoms with Crippen molar-refractivity contribution in [3.05, 3.63) is 29.3 Å². The van der Waals surface area contributed by atoms with Crippen molar-refractivity contribution in [1.82, 2.24) is 10.6 Å². The number of nitrogens with one attached hydrogen (secondary N) is 2. The van der Waals surface area contributed by atoms with Gasteiger partial charge in [0.25, 0.3) is 0 Å². The molecule has 1 aromatic carbocycles. The van der Waals surface area contributed by atoms with Crippen molar-refractivity contribution in [3.8, 4) is 5.75 Å². The minimum absolute atomic E-state index is 0.574. The van der Waals surface area contributed by atoms with Crippen LogP contribution >= 0.6 is 0 Å². The first-order valence-corrected chi connectivity index (χ1v) is 7.83. The lowest BCUT2D eigenvalue weighted by Crippen LogP contribution is -2.38. The molecule has 2 atom stereocenters. The summed E-state index contributed by atoms with van der Waals surface area (Å²) in [5, 5.41) is 6.81. The fraction of sp³-hybridized carbons (Fsp3) is 0.588. The Morgan fingerprint density at radius 2 is 2.19 bits per heavy atom. The lowest BCUT2D eigenvalue weighted by Gasteiger charge is -2.15. The molecule has 1 aliphatic carbocycles. The minimum atomic E-state index is 0.574. The first kappa shape index (κ1) is 15.7. The third-order valence-corrected chi connectivity index (χ3v) is 3.79. The Balaban J connectivity index is 1.94. The minimum Gasteiger partial charge on any atom is -0.493 e. The van der Waals surface area contributed by atoms with Crippen LogP contribution in [0.1, 0.15) is 37.8 Å². The summed E-state index contributed by atoms with van der Waals surface area (Å²) in [6, 6.07) is 6.92. The van der Waals surface area contributed by atoms with E-state index in [1.54, 1.807) is 0 Å². The Morgan fingerprint density at radius 3 is 2.81 bits per heavy atom. The molecule has 0 saturated heterocycles. The SMILES string of the molecule is CCCOc1cc(C)ccc1CNC(=NC)NC1CC1C. The van der Waals surface area contributed by atoms with E-state index >= 15 is 0 Å². The third-order valence-electron chi connectivity index (χ3n) is 3.79. The van der Waals surface area contributed by atoms with Gasteiger partial charge in [-0.1, -0.05) is 26.0 Å². The van der Waals surface area contributed by atoms with Gasteiger partial charge in [-0.15, -0.1) is 0 Å². The van der Waals surface area contributed by atoms with Gasteiger partial charge in [-0.3, -0.25) is 4.99 Å². The highest BCUT2D eigenvalue weighted by Crippen LogP contribution is 2.28. The zero-order chi connectivity index (χ0) is 15.2. The maximum atomic E-state index is 5.84. The second-order valence-corrected chi connectivity index (χ2v) is 5.85. The molecule has 1 aromatic rings. The standard InChI is InChI=1S/C17H27N3O/c1-5-8-21-16-9-12(2)6-7-14(16)11-19-17(18-4)20-15-10-13(15)3/h6-7,9,13,15H,5,8,10-11H2,1-4H3,(H2,18,19,20). The van der Waals surface area contributed by atoms with Gasteiger partial charge < -0.3 is 15.4 Å². The van der Waals surface area contributed by atoms with E-state index in [-0.39, 0.29) is 0 Å². The summed E-state index contributed by atoms with van der Waals surface area (Å²) in [5.41, 5.74) is 2.39. The summed E-state index contributed by atoms with van der Waals surface area (Å²) in [6.07, 6.45) is 2.25. The number of benzene rings is 1. The van der Waals surface area contributed by atoms with Crippen LogP contribution in [0.3, 0.4) is 0 Å². The van der Waals surface area contributed by atoms with Crippen LogP contribution in [0.15, 0.2) is 23.2 Å². The van der Waals surface area contributed by atoms with E-state index in [1.807, 2.05) is 7.05 Å². The lowest BCUT2D eigenvalue weighted by molar-refractivity contribution is 0.313. The maximum absolute atomic E-state index is 5.84. The number of rotatable bonds is 6. The van der Waals surface area contributed by atoms with Crippen LogP contribution in [0, 0.1) is 12.8 Å². The van der Waals surface area contributed by atoms with Crippen LogP contribution in [0.25, 0.3) is 0 Å². The van der Waals surface area contributed by atoms with E-state index in [9.17, 15) is 0 Å². The normalized spacial score (nSPS) is 21.0. The Bertz CT molecular complexity index is 499. The second kappa shape index (κ2) is 7.34. The lowest BCUT2D eigenvalue weighted by atomic mass is 10.1. The fourth-order valence-corrected chi connectivity index (χ4v) is 2.23. The van der Waals surface area contributed by atoms with Crippen molar-refractivity contribution in [2.75, 3.05) is 13.7 Å². The van der Waals surface area contributed by atoms with Crippen molar-refractivity contribution < 1.29 is 4.74 Å². The summed E-state index contributed by atoms with van der Waals surface area (Å²) in [7, 11) is 1.81. The molecule has 2 rings (SSSR count). The van der Waals surface area contributed by atoms with E-state index in [0.717, 1.165) is 37.2 Å². The van der Waals surface area contributed by atoms with Crippen LogP contribution in [0.5, 0.6) is 5.75 Å². The van der Waals surface area contributed by atoms with Crippen LogP contribution in [-0.2, 0) is 6.54 Å². The molecule has 0 bridgehead atoms. The van der Waals surface area contributed by atoms with Gasteiger partial charge in [-0.25, -0.2) is 0 Å². The van der Waals surface area contributed by atoms with Gasteiger partial charge in [0.05, 0.1) is 6.61 Å². The van der Waals surface area contributed by atoms with Crippen molar-refractivity contribution in [2.24, 2.45) is 10.9 Å². The van der Waals surface area contributed by atoms with Crippen LogP contribution < -0.4 is 15.4 Å². The number of ether oxygens (including phenoxy) is 1. The van der Waals surface area contributed by atoms with E-state index in [0.29, 0.717) is 6.04 Å². The van der Waals surface area contributed by atoms with Crippen molar-refractivity contribution in [2.45, 2.75) is 46.2 Å². The molecule has 0 heterocycles. The summed E-state index contributed by atoms with van der Waals surface area (Å²) < 4.78 is 5.84. The number of hydrogen-bond donors (Lipinski definition) is 2. The Kier molecular flexibility index (Phi) is 5.48. The van der Waals surface area contributed by atoms with Gasteiger partial charge in [0.1, 0.15) is 5.75 Å². The zero-order valence-corrected chi connectivity index (χ0v) is 13.6. The highest BCUT2D eigenvalue weighted by Gasteiger charge is 2.33. The molecule has 1 saturated carbocycles. The number of aryl methyl sites for hydroxylation is 1. The summed E-state index contributed by atoms with van der Waals surface area (Å²) in [6.45, 7) is 7.94. The molecule has 1 fully saturated rings. The summed E-state index contributed by atoms with van der Waals surface area (Å²) in [4.78, 5) is 4.28. The average molecular weight is 289 g/mol. The highest BCUT2D eigenvalue weighted by atomic mass is 16.5. The van der Waals surface area contributed by atoms with Gasteiger partial charge in [-0.2, -0.15) is 0 Å². The Morgan fingerprint density at radius 1 is 1.43 bits per heavy atom. The monoisotopic (exact) mass is 289 g/mol. The summed E-state index contributed by atoms with van der Waals surface area (Å²) in [5.74, 6) is 2.59. The maximum Gasteiger partial charge on any atom is 0.191 e. The van der Waals surface area contributed by atoms with E-state index in [1.165, 1.54) is 17.5 Å². The van der Waals surface area contributed by atoms with Gasteiger partial charge in [0, 0.05) is 25.2 Å². The summed E-state index contributed by atoms with van der Waals surface area (Å²) >= 11 is 0. The first-order valence-electron chi connectivity index (χ1n) is 7.83. The van der Waals surface area contributed by atoms with Crippen molar-refractivity contribution >= 4 is 5.96 Å². The molecule has 0 spiro atoms. The Hall–Kier alpha value is -1.71. The molecule has 4 heteroatoms. The van der Waals surface area contributed by atoms with Crippen molar-refractivity contribution in [1.29, 1.82) is 0 Å². The van der Waals surface area contributed by atoms with Gasteiger partial charge in [0.2, 0.25) is 0 Å². The fourth-order valence-electron chi connectivity index (χ4n) is 2.23. The second-order valence-electron chi connectivity index (χ2n) is 5.85. The largest absolute Gasteiger partial charge is 0.493 e. The first-order chi connectivity index (χ1) is 10.1. The van der Waals surface area contributed by atoms with Gasteiger partial charge in [-0.05, 0) is 37.3 Å². The van der Waals surface area contributed by atoms with E-state index < -0.39 is 0 Å². The number of aliphatic imine (C=N–C) groups is 1. The molecule has 0 aromatic heterocycles. The number of nitrogens with zero attached hydrogens (tertiary/aromatic N) is 1. The highest BCUT2D eigenvalue weighted by molar-refractivity contribution is 5.80. The molecule has 21 heavy (non-hydrogen) atoms. The van der Waals surface area contributed by atoms with Crippen LogP contribution in [0.4, 0.5) is 0 Å². The molecule has 0 radical (unpaired) electrons. The smallest absolute Gasteiger partial charge is 0.191 e. The molecule has 1 aliphatic rings. The molecule has 2 unspecified atom stereocenters. The molecular formula is C17H27N3O. The van der Waals surface area contributed by atoms with Crippen molar-refractivity contribution in [3.63, 3.8) is 0 Å². The topological polar surface area (TPSA) is 45.6 Å². The number of hydrogen-bond acceptors (Lipinski definition) is 2. The van der Waals surface area contributed by atoms with Crippen LogP contribution in [0.2, 0.25) is 0 Å². The van der Waals surface area contributed by atoms with E-state index in [4.69, 9.17) is 4.74 Å². The van der Waals surface area contributed by atoms with E-state index in [2.05, 4.69) is 54.6 Å². The molecule has 4 nitrogen and oxygen atoms in total. The zero-order valence-electron chi connectivity index (χ0n) is 13.6. The van der Waals surface area contributed by atoms with Crippen LogP contribution in [-0.4, -0.2) is 25.7 Å². The molecule has 2 N–H and O–H groups in total. The predicted molar refractivity (Wildman–Crippen MR) is 87.9 cm³/mol. The quantitative estimate of drug-likeness (QED) is 0.625. The van der Waals surface area contributed by atoms with Gasteiger partial charge >= 0.3 is 0 Å². The molecule has 0 amide bonds. The van der Waals surface area contributed by atoms with Gasteiger partial charge in [0.15, 0.2) is 5.96 Å². The number of guanidine groups is 1. The molecule has 116 valence electrons. The average Bonchev–Trinajstić information content (AvgIpc) is 3.17.